The van der Waals surface area contributed by atoms with E-state index < -0.39 is 0 Å². The molecule has 18 heavy (non-hydrogen) atoms. The van der Waals surface area contributed by atoms with Crippen molar-refractivity contribution in [2.45, 2.75) is 32.1 Å². The molecule has 1 aliphatic heterocycles. The zero-order valence-corrected chi connectivity index (χ0v) is 10.7. The lowest BCUT2D eigenvalue weighted by Crippen LogP contribution is -2.24. The first-order valence-corrected chi connectivity index (χ1v) is 6.82. The van der Waals surface area contributed by atoms with Gasteiger partial charge in [-0.15, -0.1) is 6.58 Å². The summed E-state index contributed by atoms with van der Waals surface area (Å²) in [6, 6.07) is 6.53. The number of carbonyl (C=O) groups excluding carboxylic acids is 1. The standard InChI is InChI=1S/C16H19NO/c1-2-12-9-16(18)17(11-12)15-8-7-13-5-3-4-6-14(13)10-15/h2,7-8,10,12H,1,3-6,9,11H2. The van der Waals surface area contributed by atoms with E-state index in [1.165, 1.54) is 30.4 Å². The highest BCUT2D eigenvalue weighted by Gasteiger charge is 2.29. The molecule has 2 nitrogen and oxygen atoms in total. The average Bonchev–Trinajstić information content (AvgIpc) is 2.79. The number of carbonyl (C=O) groups is 1. The van der Waals surface area contributed by atoms with Gasteiger partial charge < -0.3 is 4.90 Å². The Morgan fingerprint density at radius 1 is 1.22 bits per heavy atom. The van der Waals surface area contributed by atoms with Crippen LogP contribution in [0.1, 0.15) is 30.4 Å². The van der Waals surface area contributed by atoms with Crippen LogP contribution in [0.3, 0.4) is 0 Å². The molecule has 0 radical (unpaired) electrons. The van der Waals surface area contributed by atoms with Crippen molar-refractivity contribution in [1.82, 2.24) is 0 Å². The highest BCUT2D eigenvalue weighted by atomic mass is 16.2. The van der Waals surface area contributed by atoms with Crippen LogP contribution in [0.2, 0.25) is 0 Å². The molecule has 1 unspecified atom stereocenters. The molecular weight excluding hydrogens is 222 g/mol. The van der Waals surface area contributed by atoms with Crippen molar-refractivity contribution in [3.05, 3.63) is 42.0 Å². The van der Waals surface area contributed by atoms with E-state index in [1.54, 1.807) is 0 Å². The largest absolute Gasteiger partial charge is 0.312 e. The average molecular weight is 241 g/mol. The van der Waals surface area contributed by atoms with E-state index in [2.05, 4.69) is 24.8 Å². The highest BCUT2D eigenvalue weighted by molar-refractivity contribution is 5.96. The molecule has 3 rings (SSSR count). The highest BCUT2D eigenvalue weighted by Crippen LogP contribution is 2.30. The topological polar surface area (TPSA) is 20.3 Å². The summed E-state index contributed by atoms with van der Waals surface area (Å²) in [7, 11) is 0. The van der Waals surface area contributed by atoms with Gasteiger partial charge in [0, 0.05) is 24.6 Å². The summed E-state index contributed by atoms with van der Waals surface area (Å²) >= 11 is 0. The quantitative estimate of drug-likeness (QED) is 0.729. The molecule has 94 valence electrons. The Morgan fingerprint density at radius 3 is 2.72 bits per heavy atom. The molecule has 1 saturated heterocycles. The number of rotatable bonds is 2. The lowest BCUT2D eigenvalue weighted by molar-refractivity contribution is -0.117. The van der Waals surface area contributed by atoms with Crippen molar-refractivity contribution in [3.8, 4) is 0 Å². The summed E-state index contributed by atoms with van der Waals surface area (Å²) in [4.78, 5) is 13.9. The fraction of sp³-hybridized carbons (Fsp3) is 0.438. The van der Waals surface area contributed by atoms with Crippen LogP contribution in [-0.4, -0.2) is 12.5 Å². The maximum absolute atomic E-state index is 12.0. The summed E-state index contributed by atoms with van der Waals surface area (Å²) < 4.78 is 0. The lowest BCUT2D eigenvalue weighted by atomic mass is 9.91. The second-order valence-corrected chi connectivity index (χ2v) is 5.36. The van der Waals surface area contributed by atoms with Crippen LogP contribution in [-0.2, 0) is 17.6 Å². The minimum absolute atomic E-state index is 0.232. The Labute approximate surface area is 108 Å². The van der Waals surface area contributed by atoms with Crippen LogP contribution in [0.25, 0.3) is 0 Å². The fourth-order valence-electron chi connectivity index (χ4n) is 3.03. The first-order chi connectivity index (χ1) is 8.78. The summed E-state index contributed by atoms with van der Waals surface area (Å²) in [5.41, 5.74) is 3.98. The summed E-state index contributed by atoms with van der Waals surface area (Å²) in [6.07, 6.45) is 7.44. The Kier molecular flexibility index (Phi) is 2.94. The first-order valence-electron chi connectivity index (χ1n) is 6.82. The molecule has 2 aliphatic rings. The molecular formula is C16H19NO. The normalized spacial score (nSPS) is 23.0. The molecule has 1 aromatic carbocycles. The van der Waals surface area contributed by atoms with Crippen molar-refractivity contribution in [1.29, 1.82) is 0 Å². The van der Waals surface area contributed by atoms with Gasteiger partial charge in [0.25, 0.3) is 0 Å². The Morgan fingerprint density at radius 2 is 2.00 bits per heavy atom. The van der Waals surface area contributed by atoms with E-state index in [0.717, 1.165) is 18.7 Å². The zero-order chi connectivity index (χ0) is 12.5. The molecule has 1 fully saturated rings. The van der Waals surface area contributed by atoms with Crippen LogP contribution in [0.5, 0.6) is 0 Å². The Balaban J connectivity index is 1.88. The predicted octanol–water partition coefficient (Wildman–Crippen LogP) is 3.10. The van der Waals surface area contributed by atoms with E-state index in [0.29, 0.717) is 12.3 Å². The number of benzene rings is 1. The lowest BCUT2D eigenvalue weighted by Gasteiger charge is -2.21. The van der Waals surface area contributed by atoms with Gasteiger partial charge in [-0.1, -0.05) is 12.1 Å². The van der Waals surface area contributed by atoms with E-state index >= 15 is 0 Å². The molecule has 0 spiro atoms. The van der Waals surface area contributed by atoms with Gasteiger partial charge in [-0.05, 0) is 48.9 Å². The third kappa shape index (κ3) is 1.96. The fourth-order valence-corrected chi connectivity index (χ4v) is 3.03. The molecule has 1 heterocycles. The second-order valence-electron chi connectivity index (χ2n) is 5.36. The van der Waals surface area contributed by atoms with Gasteiger partial charge in [0.1, 0.15) is 0 Å². The third-order valence-corrected chi connectivity index (χ3v) is 4.13. The molecule has 0 saturated carbocycles. The van der Waals surface area contributed by atoms with E-state index in [9.17, 15) is 4.79 Å². The molecule has 1 amide bonds. The molecule has 1 atom stereocenters. The molecule has 2 heteroatoms. The first kappa shape index (κ1) is 11.5. The summed E-state index contributed by atoms with van der Waals surface area (Å²) in [6.45, 7) is 4.59. The van der Waals surface area contributed by atoms with Gasteiger partial charge >= 0.3 is 0 Å². The third-order valence-electron chi connectivity index (χ3n) is 4.13. The maximum atomic E-state index is 12.0. The maximum Gasteiger partial charge on any atom is 0.227 e. The van der Waals surface area contributed by atoms with E-state index in [4.69, 9.17) is 0 Å². The van der Waals surface area contributed by atoms with Crippen molar-refractivity contribution >= 4 is 11.6 Å². The van der Waals surface area contributed by atoms with Gasteiger partial charge in [0.05, 0.1) is 0 Å². The molecule has 0 N–H and O–H groups in total. The smallest absolute Gasteiger partial charge is 0.227 e. The minimum atomic E-state index is 0.232. The van der Waals surface area contributed by atoms with Gasteiger partial charge in [-0.3, -0.25) is 4.79 Å². The number of hydrogen-bond donors (Lipinski definition) is 0. The zero-order valence-electron chi connectivity index (χ0n) is 10.7. The summed E-state index contributed by atoms with van der Waals surface area (Å²) in [5.74, 6) is 0.546. The van der Waals surface area contributed by atoms with Crippen LogP contribution >= 0.6 is 0 Å². The van der Waals surface area contributed by atoms with Gasteiger partial charge in [0.15, 0.2) is 0 Å². The van der Waals surface area contributed by atoms with Crippen molar-refractivity contribution in [2.75, 3.05) is 11.4 Å². The monoisotopic (exact) mass is 241 g/mol. The van der Waals surface area contributed by atoms with Gasteiger partial charge in [0.2, 0.25) is 5.91 Å². The van der Waals surface area contributed by atoms with Crippen LogP contribution in [0.15, 0.2) is 30.9 Å². The van der Waals surface area contributed by atoms with Crippen LogP contribution in [0.4, 0.5) is 5.69 Å². The van der Waals surface area contributed by atoms with Crippen LogP contribution < -0.4 is 4.90 Å². The van der Waals surface area contributed by atoms with E-state index in [1.807, 2.05) is 11.0 Å². The van der Waals surface area contributed by atoms with Crippen molar-refractivity contribution in [3.63, 3.8) is 0 Å². The number of aryl methyl sites for hydroxylation is 2. The minimum Gasteiger partial charge on any atom is -0.312 e. The molecule has 1 aliphatic carbocycles. The molecule has 0 aromatic heterocycles. The Hall–Kier alpha value is -1.57. The number of hydrogen-bond acceptors (Lipinski definition) is 1. The van der Waals surface area contributed by atoms with Crippen molar-refractivity contribution in [2.24, 2.45) is 5.92 Å². The van der Waals surface area contributed by atoms with Gasteiger partial charge in [-0.25, -0.2) is 0 Å². The summed E-state index contributed by atoms with van der Waals surface area (Å²) in [5, 5.41) is 0. The van der Waals surface area contributed by atoms with Gasteiger partial charge in [-0.2, -0.15) is 0 Å². The number of fused-ring (bicyclic) bond motifs is 1. The number of nitrogens with zero attached hydrogens (tertiary/aromatic N) is 1. The Bertz CT molecular complexity index is 492. The molecule has 0 bridgehead atoms. The second kappa shape index (κ2) is 4.60. The number of anilines is 1. The SMILES string of the molecule is C=CC1CC(=O)N(c2ccc3c(c2)CCCC3)C1. The van der Waals surface area contributed by atoms with E-state index in [-0.39, 0.29) is 5.91 Å². The number of amides is 1. The molecule has 1 aromatic rings. The predicted molar refractivity (Wildman–Crippen MR) is 73.7 cm³/mol. The van der Waals surface area contributed by atoms with Crippen LogP contribution in [0, 0.1) is 5.92 Å². The van der Waals surface area contributed by atoms with Crippen molar-refractivity contribution < 1.29 is 4.79 Å².